The molecule has 2 aromatic rings. The number of carboxylic acids is 1. The molecule has 1 aromatic heterocycles. The van der Waals surface area contributed by atoms with E-state index >= 15 is 0 Å². The first-order valence-electron chi connectivity index (χ1n) is 6.28. The largest absolute Gasteiger partial charge is 0.497 e. The van der Waals surface area contributed by atoms with Crippen LogP contribution >= 0.6 is 0 Å². The highest BCUT2D eigenvalue weighted by atomic mass is 32.2. The van der Waals surface area contributed by atoms with Crippen molar-refractivity contribution >= 4 is 21.7 Å². The van der Waals surface area contributed by atoms with Gasteiger partial charge in [0.15, 0.2) is 5.03 Å². The summed E-state index contributed by atoms with van der Waals surface area (Å²) in [4.78, 5) is 15.2. The molecule has 10 heteroatoms. The maximum absolute atomic E-state index is 12.3. The van der Waals surface area contributed by atoms with E-state index in [1.807, 2.05) is 0 Å². The Morgan fingerprint density at radius 1 is 1.30 bits per heavy atom. The molecule has 1 heterocycles. The van der Waals surface area contributed by atoms with Gasteiger partial charge in [0, 0.05) is 25.4 Å². The summed E-state index contributed by atoms with van der Waals surface area (Å²) in [5.74, 6) is -1.13. The second-order valence-corrected chi connectivity index (χ2v) is 6.17. The van der Waals surface area contributed by atoms with E-state index in [1.54, 1.807) is 7.05 Å². The quantitative estimate of drug-likeness (QED) is 0.802. The molecule has 2 rings (SSSR count). The van der Waals surface area contributed by atoms with Gasteiger partial charge in [-0.2, -0.15) is 8.42 Å². The number of carboxylic acid groups (broad SMARTS) is 1. The van der Waals surface area contributed by atoms with Crippen LogP contribution < -0.4 is 14.2 Å². The number of hydrogen-bond acceptors (Lipinski definition) is 6. The number of nitrogens with zero attached hydrogens (tertiary/aromatic N) is 2. The summed E-state index contributed by atoms with van der Waals surface area (Å²) in [6.45, 7) is 0. The number of benzene rings is 1. The molecule has 0 aliphatic heterocycles. The first-order chi connectivity index (χ1) is 10.8. The summed E-state index contributed by atoms with van der Waals surface area (Å²) in [7, 11) is 0.203. The van der Waals surface area contributed by atoms with Gasteiger partial charge in [-0.05, 0) is 0 Å². The number of methoxy groups -OCH3 is 2. The topological polar surface area (TPSA) is 120 Å². The van der Waals surface area contributed by atoms with Crippen molar-refractivity contribution in [2.75, 3.05) is 18.9 Å². The number of imidazole rings is 1. The Labute approximate surface area is 132 Å². The standard InChI is InChI=1S/C13H15N3O6S/c1-16-6-11(14-7-16)23(19,20)15-9-4-8(21-2)5-10(22-3)12(9)13(17)18/h4-7,15H,1-3H3,(H,17,18). The van der Waals surface area contributed by atoms with Gasteiger partial charge in [0.2, 0.25) is 0 Å². The van der Waals surface area contributed by atoms with Crippen molar-refractivity contribution in [3.63, 3.8) is 0 Å². The van der Waals surface area contributed by atoms with Crippen LogP contribution in [0.3, 0.4) is 0 Å². The molecule has 0 saturated heterocycles. The average Bonchev–Trinajstić information content (AvgIpc) is 2.93. The monoisotopic (exact) mass is 341 g/mol. The zero-order valence-electron chi connectivity index (χ0n) is 12.6. The highest BCUT2D eigenvalue weighted by Gasteiger charge is 2.24. The van der Waals surface area contributed by atoms with Crippen molar-refractivity contribution in [2.45, 2.75) is 5.03 Å². The fraction of sp³-hybridized carbons (Fsp3) is 0.231. The van der Waals surface area contributed by atoms with Crippen molar-refractivity contribution in [1.29, 1.82) is 0 Å². The van der Waals surface area contributed by atoms with Crippen LogP contribution in [0.25, 0.3) is 0 Å². The fourth-order valence-corrected chi connectivity index (χ4v) is 2.94. The van der Waals surface area contributed by atoms with Crippen LogP contribution in [0.15, 0.2) is 29.7 Å². The number of aryl methyl sites for hydroxylation is 1. The minimum absolute atomic E-state index is 0.0319. The number of carbonyl (C=O) groups is 1. The summed E-state index contributed by atoms with van der Waals surface area (Å²) in [5.41, 5.74) is -0.507. The van der Waals surface area contributed by atoms with Gasteiger partial charge in [-0.1, -0.05) is 0 Å². The SMILES string of the molecule is COc1cc(NS(=O)(=O)c2cn(C)cn2)c(C(=O)O)c(OC)c1. The fourth-order valence-electron chi connectivity index (χ4n) is 1.89. The Morgan fingerprint density at radius 3 is 2.48 bits per heavy atom. The predicted molar refractivity (Wildman–Crippen MR) is 80.5 cm³/mol. The minimum Gasteiger partial charge on any atom is -0.497 e. The predicted octanol–water partition coefficient (Wildman–Crippen LogP) is 0.936. The normalized spacial score (nSPS) is 11.1. The molecule has 0 unspecified atom stereocenters. The van der Waals surface area contributed by atoms with Crippen LogP contribution in [-0.2, 0) is 17.1 Å². The molecule has 0 amide bonds. The van der Waals surface area contributed by atoms with Gasteiger partial charge in [-0.25, -0.2) is 9.78 Å². The van der Waals surface area contributed by atoms with Crippen molar-refractivity contribution in [2.24, 2.45) is 7.05 Å². The molecule has 0 spiro atoms. The van der Waals surface area contributed by atoms with Crippen molar-refractivity contribution in [1.82, 2.24) is 9.55 Å². The second-order valence-electron chi connectivity index (χ2n) is 4.54. The van der Waals surface area contributed by atoms with E-state index in [1.165, 1.54) is 43.4 Å². The van der Waals surface area contributed by atoms with E-state index in [2.05, 4.69) is 9.71 Å². The third-order valence-corrected chi connectivity index (χ3v) is 4.20. The molecule has 2 N–H and O–H groups in total. The highest BCUT2D eigenvalue weighted by Crippen LogP contribution is 2.33. The molecule has 0 atom stereocenters. The number of anilines is 1. The van der Waals surface area contributed by atoms with Crippen LogP contribution in [0.5, 0.6) is 11.5 Å². The maximum Gasteiger partial charge on any atom is 0.341 e. The van der Waals surface area contributed by atoms with Crippen LogP contribution in [0.4, 0.5) is 5.69 Å². The lowest BCUT2D eigenvalue weighted by molar-refractivity contribution is 0.0694. The summed E-state index contributed by atoms with van der Waals surface area (Å²) in [6.07, 6.45) is 2.61. The molecule has 0 aliphatic rings. The van der Waals surface area contributed by atoms with Gasteiger partial charge in [0.25, 0.3) is 10.0 Å². The van der Waals surface area contributed by atoms with E-state index in [0.717, 1.165) is 0 Å². The number of sulfonamides is 1. The molecule has 0 saturated carbocycles. The molecule has 0 fully saturated rings. The number of nitrogens with one attached hydrogen (secondary N) is 1. The molecule has 1 aromatic carbocycles. The zero-order valence-corrected chi connectivity index (χ0v) is 13.4. The average molecular weight is 341 g/mol. The number of ether oxygens (including phenoxy) is 2. The van der Waals surface area contributed by atoms with Crippen molar-refractivity contribution in [3.05, 3.63) is 30.2 Å². The Balaban J connectivity index is 2.56. The molecule has 124 valence electrons. The lowest BCUT2D eigenvalue weighted by atomic mass is 10.1. The zero-order chi connectivity index (χ0) is 17.2. The Bertz CT molecular complexity index is 843. The van der Waals surface area contributed by atoms with E-state index in [-0.39, 0.29) is 27.8 Å². The van der Waals surface area contributed by atoms with Gasteiger partial charge in [0.1, 0.15) is 17.1 Å². The lowest BCUT2D eigenvalue weighted by Gasteiger charge is -2.14. The van der Waals surface area contributed by atoms with Gasteiger partial charge in [0.05, 0.1) is 26.2 Å². The molecule has 0 bridgehead atoms. The number of aromatic carboxylic acids is 1. The first kappa shape index (κ1) is 16.6. The maximum atomic E-state index is 12.3. The summed E-state index contributed by atoms with van der Waals surface area (Å²) >= 11 is 0. The number of hydrogen-bond donors (Lipinski definition) is 2. The van der Waals surface area contributed by atoms with Gasteiger partial charge in [-0.3, -0.25) is 4.72 Å². The molecular weight excluding hydrogens is 326 g/mol. The molecular formula is C13H15N3O6S. The highest BCUT2D eigenvalue weighted by molar-refractivity contribution is 7.92. The second kappa shape index (κ2) is 6.16. The number of rotatable bonds is 6. The van der Waals surface area contributed by atoms with Crippen molar-refractivity contribution < 1.29 is 27.8 Å². The van der Waals surface area contributed by atoms with Crippen LogP contribution in [-0.4, -0.2) is 43.3 Å². The first-order valence-corrected chi connectivity index (χ1v) is 7.77. The summed E-state index contributed by atoms with van der Waals surface area (Å²) in [6, 6.07) is 2.61. The minimum atomic E-state index is -4.05. The lowest BCUT2D eigenvalue weighted by Crippen LogP contribution is -2.16. The van der Waals surface area contributed by atoms with Gasteiger partial charge >= 0.3 is 5.97 Å². The smallest absolute Gasteiger partial charge is 0.341 e. The van der Waals surface area contributed by atoms with E-state index in [0.29, 0.717) is 0 Å². The summed E-state index contributed by atoms with van der Waals surface area (Å²) in [5, 5.41) is 9.10. The Morgan fingerprint density at radius 2 is 2.00 bits per heavy atom. The molecule has 9 nitrogen and oxygen atoms in total. The summed E-state index contributed by atoms with van der Waals surface area (Å²) < 4.78 is 38.3. The molecule has 0 aliphatic carbocycles. The van der Waals surface area contributed by atoms with Crippen LogP contribution in [0.2, 0.25) is 0 Å². The molecule has 23 heavy (non-hydrogen) atoms. The Hall–Kier alpha value is -2.75. The third-order valence-electron chi connectivity index (χ3n) is 2.95. The van der Waals surface area contributed by atoms with Crippen LogP contribution in [0, 0.1) is 0 Å². The van der Waals surface area contributed by atoms with E-state index < -0.39 is 16.0 Å². The van der Waals surface area contributed by atoms with Gasteiger partial charge < -0.3 is 19.1 Å². The van der Waals surface area contributed by atoms with Crippen molar-refractivity contribution in [3.8, 4) is 11.5 Å². The van der Waals surface area contributed by atoms with Gasteiger partial charge in [-0.15, -0.1) is 0 Å². The Kier molecular flexibility index (Phi) is 4.45. The van der Waals surface area contributed by atoms with Crippen LogP contribution in [0.1, 0.15) is 10.4 Å². The van der Waals surface area contributed by atoms with E-state index in [4.69, 9.17) is 9.47 Å². The van der Waals surface area contributed by atoms with E-state index in [9.17, 15) is 18.3 Å². The third kappa shape index (κ3) is 3.37. The number of aromatic nitrogens is 2. The molecule has 0 radical (unpaired) electrons.